The molecule has 1 atom stereocenters. The fourth-order valence-electron chi connectivity index (χ4n) is 1.39. The minimum atomic E-state index is 0.155. The molecule has 1 rings (SSSR count). The van der Waals surface area contributed by atoms with Gasteiger partial charge in [-0.15, -0.1) is 0 Å². The summed E-state index contributed by atoms with van der Waals surface area (Å²) in [6.07, 6.45) is 2.52. The van der Waals surface area contributed by atoms with Crippen molar-refractivity contribution in [1.29, 1.82) is 0 Å². The lowest BCUT2D eigenvalue weighted by Crippen LogP contribution is -2.35. The zero-order chi connectivity index (χ0) is 7.56. The molecule has 0 radical (unpaired) electrons. The van der Waals surface area contributed by atoms with E-state index in [4.69, 9.17) is 0 Å². The fraction of sp³-hybridized carbons (Fsp3) is 0.875. The summed E-state index contributed by atoms with van der Waals surface area (Å²) in [6, 6.07) is 0.155. The molecule has 0 aromatic heterocycles. The van der Waals surface area contributed by atoms with Gasteiger partial charge in [0.05, 0.1) is 6.04 Å². The lowest BCUT2D eigenvalue weighted by molar-refractivity contribution is -0.121. The number of ketones is 1. The molecule has 1 fully saturated rings. The molecule has 10 heavy (non-hydrogen) atoms. The highest BCUT2D eigenvalue weighted by molar-refractivity contribution is 5.80. The van der Waals surface area contributed by atoms with Gasteiger partial charge in [-0.3, -0.25) is 9.69 Å². The van der Waals surface area contributed by atoms with Crippen molar-refractivity contribution in [3.63, 3.8) is 0 Å². The third-order valence-electron chi connectivity index (χ3n) is 2.28. The van der Waals surface area contributed by atoms with Crippen LogP contribution in [0.5, 0.6) is 0 Å². The molecule has 0 aliphatic carbocycles. The van der Waals surface area contributed by atoms with Gasteiger partial charge in [0.15, 0.2) is 0 Å². The van der Waals surface area contributed by atoms with E-state index in [0.717, 1.165) is 13.1 Å². The second-order valence-electron chi connectivity index (χ2n) is 3.03. The lowest BCUT2D eigenvalue weighted by Gasteiger charge is -2.20. The van der Waals surface area contributed by atoms with Crippen molar-refractivity contribution in [2.75, 3.05) is 13.1 Å². The SMILES string of the molecule is CC(=O)C(C)N1CCCC1. The summed E-state index contributed by atoms with van der Waals surface area (Å²) >= 11 is 0. The van der Waals surface area contributed by atoms with Crippen LogP contribution in [0.25, 0.3) is 0 Å². The van der Waals surface area contributed by atoms with Crippen LogP contribution < -0.4 is 0 Å². The van der Waals surface area contributed by atoms with Gasteiger partial charge in [0, 0.05) is 0 Å². The maximum absolute atomic E-state index is 10.9. The van der Waals surface area contributed by atoms with Crippen LogP contribution in [-0.4, -0.2) is 29.8 Å². The van der Waals surface area contributed by atoms with Gasteiger partial charge in [0.2, 0.25) is 0 Å². The van der Waals surface area contributed by atoms with Gasteiger partial charge in [-0.05, 0) is 39.8 Å². The predicted molar refractivity (Wildman–Crippen MR) is 41.0 cm³/mol. The minimum Gasteiger partial charge on any atom is -0.298 e. The first-order valence-corrected chi connectivity index (χ1v) is 3.96. The van der Waals surface area contributed by atoms with Crippen molar-refractivity contribution >= 4 is 5.78 Å². The van der Waals surface area contributed by atoms with Gasteiger partial charge in [0.1, 0.15) is 5.78 Å². The first kappa shape index (κ1) is 7.73. The van der Waals surface area contributed by atoms with Crippen LogP contribution in [0, 0.1) is 0 Å². The predicted octanol–water partition coefficient (Wildman–Crippen LogP) is 1.06. The molecule has 0 saturated carbocycles. The Kier molecular flexibility index (Phi) is 2.44. The molecule has 0 amide bonds. The van der Waals surface area contributed by atoms with Crippen molar-refractivity contribution in [3.05, 3.63) is 0 Å². The second-order valence-corrected chi connectivity index (χ2v) is 3.03. The Morgan fingerprint density at radius 3 is 2.30 bits per heavy atom. The first-order chi connectivity index (χ1) is 4.72. The standard InChI is InChI=1S/C8H15NO/c1-7(8(2)10)9-5-3-4-6-9/h7H,3-6H2,1-2H3. The molecular weight excluding hydrogens is 126 g/mol. The van der Waals surface area contributed by atoms with Crippen molar-refractivity contribution in [3.8, 4) is 0 Å². The molecule has 0 aromatic carbocycles. The summed E-state index contributed by atoms with van der Waals surface area (Å²) in [5.74, 6) is 0.293. The summed E-state index contributed by atoms with van der Waals surface area (Å²) in [5.41, 5.74) is 0. The normalized spacial score (nSPS) is 23.0. The monoisotopic (exact) mass is 141 g/mol. The first-order valence-electron chi connectivity index (χ1n) is 3.96. The Hall–Kier alpha value is -0.370. The minimum absolute atomic E-state index is 0.155. The van der Waals surface area contributed by atoms with Crippen LogP contribution >= 0.6 is 0 Å². The van der Waals surface area contributed by atoms with E-state index in [9.17, 15) is 4.79 Å². The summed E-state index contributed by atoms with van der Waals surface area (Å²) < 4.78 is 0. The maximum atomic E-state index is 10.9. The number of hydrogen-bond acceptors (Lipinski definition) is 2. The van der Waals surface area contributed by atoms with Gasteiger partial charge in [0.25, 0.3) is 0 Å². The third-order valence-corrected chi connectivity index (χ3v) is 2.28. The number of likely N-dealkylation sites (tertiary alicyclic amines) is 1. The van der Waals surface area contributed by atoms with Crippen molar-refractivity contribution < 1.29 is 4.79 Å². The Morgan fingerprint density at radius 2 is 1.90 bits per heavy atom. The summed E-state index contributed by atoms with van der Waals surface area (Å²) in [4.78, 5) is 13.1. The van der Waals surface area contributed by atoms with Crippen LogP contribution in [0.3, 0.4) is 0 Å². The van der Waals surface area contributed by atoms with E-state index in [2.05, 4.69) is 4.90 Å². The number of hydrogen-bond donors (Lipinski definition) is 0. The number of carbonyl (C=O) groups excluding carboxylic acids is 1. The average Bonchev–Trinajstić information content (AvgIpc) is 2.36. The third kappa shape index (κ3) is 1.57. The van der Waals surface area contributed by atoms with Gasteiger partial charge >= 0.3 is 0 Å². The Morgan fingerprint density at radius 1 is 1.40 bits per heavy atom. The van der Waals surface area contributed by atoms with Crippen LogP contribution in [-0.2, 0) is 4.79 Å². The lowest BCUT2D eigenvalue weighted by atomic mass is 10.2. The van der Waals surface area contributed by atoms with E-state index in [1.165, 1.54) is 12.8 Å². The molecule has 1 aliphatic rings. The molecule has 1 heterocycles. The summed E-state index contributed by atoms with van der Waals surface area (Å²) in [7, 11) is 0. The highest BCUT2D eigenvalue weighted by Crippen LogP contribution is 2.11. The van der Waals surface area contributed by atoms with Crippen molar-refractivity contribution in [1.82, 2.24) is 4.90 Å². The van der Waals surface area contributed by atoms with E-state index in [-0.39, 0.29) is 6.04 Å². The van der Waals surface area contributed by atoms with E-state index in [1.807, 2.05) is 6.92 Å². The molecule has 58 valence electrons. The zero-order valence-electron chi connectivity index (χ0n) is 6.76. The molecule has 0 spiro atoms. The van der Waals surface area contributed by atoms with Crippen LogP contribution in [0.1, 0.15) is 26.7 Å². The van der Waals surface area contributed by atoms with Crippen molar-refractivity contribution in [2.24, 2.45) is 0 Å². The topological polar surface area (TPSA) is 20.3 Å². The van der Waals surface area contributed by atoms with Crippen LogP contribution in [0.4, 0.5) is 0 Å². The highest BCUT2D eigenvalue weighted by atomic mass is 16.1. The second kappa shape index (κ2) is 3.15. The number of carbonyl (C=O) groups is 1. The molecule has 1 aliphatic heterocycles. The van der Waals surface area contributed by atoms with E-state index >= 15 is 0 Å². The summed E-state index contributed by atoms with van der Waals surface area (Å²) in [6.45, 7) is 5.89. The van der Waals surface area contributed by atoms with Gasteiger partial charge < -0.3 is 0 Å². The Bertz CT molecular complexity index is 127. The number of Topliss-reactive ketones (excluding diaryl/α,β-unsaturated/α-hetero) is 1. The quantitative estimate of drug-likeness (QED) is 0.573. The molecule has 2 heteroatoms. The van der Waals surface area contributed by atoms with E-state index in [1.54, 1.807) is 6.92 Å². The number of rotatable bonds is 2. The Balaban J connectivity index is 2.39. The largest absolute Gasteiger partial charge is 0.298 e. The van der Waals surface area contributed by atoms with Crippen molar-refractivity contribution in [2.45, 2.75) is 32.7 Å². The summed E-state index contributed by atoms with van der Waals surface area (Å²) in [5, 5.41) is 0. The smallest absolute Gasteiger partial charge is 0.146 e. The van der Waals surface area contributed by atoms with Gasteiger partial charge in [-0.2, -0.15) is 0 Å². The van der Waals surface area contributed by atoms with Crippen LogP contribution in [0.15, 0.2) is 0 Å². The molecule has 0 aromatic rings. The van der Waals surface area contributed by atoms with Gasteiger partial charge in [-0.1, -0.05) is 0 Å². The zero-order valence-corrected chi connectivity index (χ0v) is 6.76. The average molecular weight is 141 g/mol. The highest BCUT2D eigenvalue weighted by Gasteiger charge is 2.20. The van der Waals surface area contributed by atoms with E-state index in [0.29, 0.717) is 5.78 Å². The molecule has 0 bridgehead atoms. The fourth-order valence-corrected chi connectivity index (χ4v) is 1.39. The van der Waals surface area contributed by atoms with E-state index < -0.39 is 0 Å². The van der Waals surface area contributed by atoms with Gasteiger partial charge in [-0.25, -0.2) is 0 Å². The molecular formula is C8H15NO. The number of nitrogens with zero attached hydrogens (tertiary/aromatic N) is 1. The Labute approximate surface area is 62.2 Å². The maximum Gasteiger partial charge on any atom is 0.146 e. The molecule has 2 nitrogen and oxygen atoms in total. The molecule has 0 N–H and O–H groups in total. The van der Waals surface area contributed by atoms with Crippen LogP contribution in [0.2, 0.25) is 0 Å². The molecule has 1 unspecified atom stereocenters. The molecule has 1 saturated heterocycles.